The third kappa shape index (κ3) is 5.27. The van der Waals surface area contributed by atoms with Gasteiger partial charge >= 0.3 is 6.09 Å². The molecule has 2 amide bonds. The van der Waals surface area contributed by atoms with Crippen LogP contribution in [0.4, 0.5) is 4.79 Å². The van der Waals surface area contributed by atoms with Crippen molar-refractivity contribution in [2.45, 2.75) is 64.6 Å². The van der Waals surface area contributed by atoms with Crippen molar-refractivity contribution in [3.63, 3.8) is 0 Å². The molecule has 3 atom stereocenters. The Morgan fingerprint density at radius 3 is 2.35 bits per heavy atom. The van der Waals surface area contributed by atoms with Gasteiger partial charge in [0.25, 0.3) is 5.91 Å². The van der Waals surface area contributed by atoms with Crippen LogP contribution in [0.5, 0.6) is 0 Å². The second kappa shape index (κ2) is 11.0. The van der Waals surface area contributed by atoms with Crippen molar-refractivity contribution in [1.29, 1.82) is 0 Å². The smallest absolute Gasteiger partial charge is 0.409 e. The molecule has 1 fully saturated rings. The quantitative estimate of drug-likeness (QED) is 0.589. The van der Waals surface area contributed by atoms with Gasteiger partial charge in [0.15, 0.2) is 0 Å². The van der Waals surface area contributed by atoms with Crippen LogP contribution in [0.15, 0.2) is 48.5 Å². The van der Waals surface area contributed by atoms with Gasteiger partial charge in [-0.25, -0.2) is 4.79 Å². The van der Waals surface area contributed by atoms with Crippen LogP contribution in [0.25, 0.3) is 0 Å². The summed E-state index contributed by atoms with van der Waals surface area (Å²) in [6, 6.07) is 16.3. The lowest BCUT2D eigenvalue weighted by molar-refractivity contribution is 0.0337. The number of benzene rings is 2. The Hall–Kier alpha value is -2.86. The molecule has 6 heteroatoms. The lowest BCUT2D eigenvalue weighted by Gasteiger charge is -2.46. The lowest BCUT2D eigenvalue weighted by Crippen LogP contribution is -2.56. The molecule has 0 radical (unpaired) electrons. The third-order valence-corrected chi connectivity index (χ3v) is 7.29. The maximum atomic E-state index is 13.6. The number of carbonyl (C=O) groups excluding carboxylic acids is 2. The zero-order chi connectivity index (χ0) is 24.9. The molecule has 34 heavy (non-hydrogen) atoms. The second-order valence-corrected chi connectivity index (χ2v) is 9.63. The SMILES string of the molecule is CCC1([C@H](NC(=O)c2c(C)cccc2C)c2ccccc2)CCC(C)N1CCOC(=O)N(C)C. The van der Waals surface area contributed by atoms with Gasteiger partial charge in [0, 0.05) is 37.8 Å². The largest absolute Gasteiger partial charge is 0.448 e. The minimum Gasteiger partial charge on any atom is -0.448 e. The highest BCUT2D eigenvalue weighted by atomic mass is 16.6. The van der Waals surface area contributed by atoms with E-state index in [1.807, 2.05) is 50.2 Å². The number of carbonyl (C=O) groups is 2. The standard InChI is InChI=1S/C28H39N3O3/c1-7-28(17-16-22(4)31(28)18-19-34-27(33)30(5)6)25(23-14-9-8-10-15-23)29-26(32)24-20(2)12-11-13-21(24)3/h8-15,22,25H,7,16-19H2,1-6H3,(H,29,32)/t22?,25-,28?/m1/s1. The van der Waals surface area contributed by atoms with E-state index < -0.39 is 0 Å². The molecule has 0 spiro atoms. The number of rotatable bonds is 8. The highest BCUT2D eigenvalue weighted by molar-refractivity contribution is 5.97. The molecule has 2 aromatic rings. The van der Waals surface area contributed by atoms with Crippen molar-refractivity contribution < 1.29 is 14.3 Å². The minimum atomic E-state index is -0.336. The van der Waals surface area contributed by atoms with Crippen LogP contribution >= 0.6 is 0 Å². The topological polar surface area (TPSA) is 61.9 Å². The maximum absolute atomic E-state index is 13.6. The first-order valence-corrected chi connectivity index (χ1v) is 12.2. The molecule has 0 aliphatic carbocycles. The maximum Gasteiger partial charge on any atom is 0.409 e. The molecule has 1 aliphatic heterocycles. The van der Waals surface area contributed by atoms with Crippen LogP contribution in [0.2, 0.25) is 0 Å². The monoisotopic (exact) mass is 465 g/mol. The van der Waals surface area contributed by atoms with Gasteiger partial charge in [-0.05, 0) is 56.7 Å². The minimum absolute atomic E-state index is 0.0455. The predicted molar refractivity (Wildman–Crippen MR) is 136 cm³/mol. The second-order valence-electron chi connectivity index (χ2n) is 9.63. The fraction of sp³-hybridized carbons (Fsp3) is 0.500. The first-order valence-electron chi connectivity index (χ1n) is 12.2. The molecule has 1 aliphatic rings. The summed E-state index contributed by atoms with van der Waals surface area (Å²) in [5, 5.41) is 3.44. The van der Waals surface area contributed by atoms with Gasteiger partial charge in [-0.3, -0.25) is 9.69 Å². The summed E-state index contributed by atoms with van der Waals surface area (Å²) in [5.74, 6) is -0.0455. The third-order valence-electron chi connectivity index (χ3n) is 7.29. The van der Waals surface area contributed by atoms with Crippen molar-refractivity contribution in [2.75, 3.05) is 27.2 Å². The fourth-order valence-corrected chi connectivity index (χ4v) is 5.44. The average molecular weight is 466 g/mol. The molecule has 0 bridgehead atoms. The van der Waals surface area contributed by atoms with Crippen molar-refractivity contribution in [3.8, 4) is 0 Å². The molecule has 6 nitrogen and oxygen atoms in total. The summed E-state index contributed by atoms with van der Waals surface area (Å²) in [4.78, 5) is 29.5. The van der Waals surface area contributed by atoms with E-state index in [1.54, 1.807) is 14.1 Å². The number of amides is 2. The van der Waals surface area contributed by atoms with Gasteiger partial charge in [-0.1, -0.05) is 55.5 Å². The highest BCUT2D eigenvalue weighted by Crippen LogP contribution is 2.45. The molecule has 2 aromatic carbocycles. The number of aryl methyl sites for hydroxylation is 2. The molecule has 0 aromatic heterocycles. The number of likely N-dealkylation sites (tertiary alicyclic amines) is 1. The van der Waals surface area contributed by atoms with E-state index in [4.69, 9.17) is 4.74 Å². The first kappa shape index (κ1) is 25.8. The van der Waals surface area contributed by atoms with Crippen LogP contribution in [0, 0.1) is 13.8 Å². The van der Waals surface area contributed by atoms with Gasteiger partial charge in [0.1, 0.15) is 6.61 Å². The average Bonchev–Trinajstić information content (AvgIpc) is 3.14. The number of hydrogen-bond donors (Lipinski definition) is 1. The van der Waals surface area contributed by atoms with Crippen LogP contribution in [0.1, 0.15) is 66.2 Å². The van der Waals surface area contributed by atoms with Crippen molar-refractivity contribution >= 4 is 12.0 Å². The van der Waals surface area contributed by atoms with E-state index in [2.05, 4.69) is 36.2 Å². The van der Waals surface area contributed by atoms with Crippen LogP contribution in [-0.4, -0.2) is 60.6 Å². The molecule has 2 unspecified atom stereocenters. The van der Waals surface area contributed by atoms with E-state index >= 15 is 0 Å². The molecule has 1 heterocycles. The van der Waals surface area contributed by atoms with Crippen LogP contribution in [0.3, 0.4) is 0 Å². The molecule has 1 N–H and O–H groups in total. The molecule has 1 saturated heterocycles. The zero-order valence-corrected chi connectivity index (χ0v) is 21.4. The summed E-state index contributed by atoms with van der Waals surface area (Å²) in [5.41, 5.74) is 3.50. The van der Waals surface area contributed by atoms with Crippen molar-refractivity contribution in [3.05, 3.63) is 70.8 Å². The van der Waals surface area contributed by atoms with Crippen molar-refractivity contribution in [1.82, 2.24) is 15.1 Å². The van der Waals surface area contributed by atoms with E-state index in [9.17, 15) is 9.59 Å². The fourth-order valence-electron chi connectivity index (χ4n) is 5.44. The summed E-state index contributed by atoms with van der Waals surface area (Å²) in [7, 11) is 3.37. The zero-order valence-electron chi connectivity index (χ0n) is 21.4. The normalized spacial score (nSPS) is 21.2. The molecular weight excluding hydrogens is 426 g/mol. The van der Waals surface area contributed by atoms with Crippen LogP contribution < -0.4 is 5.32 Å². The number of ether oxygens (including phenoxy) is 1. The van der Waals surface area contributed by atoms with E-state index in [-0.39, 0.29) is 23.6 Å². The Balaban J connectivity index is 1.96. The summed E-state index contributed by atoms with van der Waals surface area (Å²) >= 11 is 0. The number of hydrogen-bond acceptors (Lipinski definition) is 4. The Kier molecular flexibility index (Phi) is 8.37. The first-order chi connectivity index (χ1) is 16.2. The number of nitrogens with zero attached hydrogens (tertiary/aromatic N) is 2. The highest BCUT2D eigenvalue weighted by Gasteiger charge is 2.49. The van der Waals surface area contributed by atoms with Gasteiger partial charge in [-0.2, -0.15) is 0 Å². The van der Waals surface area contributed by atoms with Gasteiger partial charge < -0.3 is 15.0 Å². The number of nitrogens with one attached hydrogen (secondary N) is 1. The van der Waals surface area contributed by atoms with E-state index in [1.165, 1.54) is 4.90 Å². The molecule has 0 saturated carbocycles. The van der Waals surface area contributed by atoms with E-state index in [0.717, 1.165) is 41.5 Å². The van der Waals surface area contributed by atoms with Crippen molar-refractivity contribution in [2.24, 2.45) is 0 Å². The lowest BCUT2D eigenvalue weighted by atomic mass is 9.80. The predicted octanol–water partition coefficient (Wildman–Crippen LogP) is 5.11. The van der Waals surface area contributed by atoms with E-state index in [0.29, 0.717) is 19.2 Å². The Morgan fingerprint density at radius 1 is 1.12 bits per heavy atom. The van der Waals surface area contributed by atoms with Crippen LogP contribution in [-0.2, 0) is 4.74 Å². The molecule has 3 rings (SSSR count). The summed E-state index contributed by atoms with van der Waals surface area (Å²) in [6.45, 7) is 9.32. The molecular formula is C28H39N3O3. The van der Waals surface area contributed by atoms with Gasteiger partial charge in [0.2, 0.25) is 0 Å². The Labute approximate surface area is 204 Å². The summed E-state index contributed by atoms with van der Waals surface area (Å²) in [6.07, 6.45) is 2.51. The summed E-state index contributed by atoms with van der Waals surface area (Å²) < 4.78 is 5.48. The van der Waals surface area contributed by atoms with Gasteiger partial charge in [0.05, 0.1) is 6.04 Å². The Bertz CT molecular complexity index is 971. The molecule has 184 valence electrons. The van der Waals surface area contributed by atoms with Gasteiger partial charge in [-0.15, -0.1) is 0 Å². The Morgan fingerprint density at radius 2 is 1.76 bits per heavy atom.